The van der Waals surface area contributed by atoms with E-state index >= 15 is 0 Å². The molecule has 1 aliphatic carbocycles. The molecule has 0 N–H and O–H groups in total. The third-order valence-electron chi connectivity index (χ3n) is 5.26. The van der Waals surface area contributed by atoms with Crippen molar-refractivity contribution in [1.82, 2.24) is 9.80 Å². The molecule has 1 atom stereocenters. The van der Waals surface area contributed by atoms with Gasteiger partial charge in [0, 0.05) is 38.6 Å². The number of hydrogen-bond acceptors (Lipinski definition) is 2. The first-order valence-corrected chi connectivity index (χ1v) is 8.71. The minimum Gasteiger partial charge on any atom is -0.340 e. The monoisotopic (exact) mass is 300 g/mol. The molecule has 0 bridgehead atoms. The van der Waals surface area contributed by atoms with Crippen molar-refractivity contribution < 1.29 is 4.79 Å². The molecule has 1 saturated carbocycles. The minimum absolute atomic E-state index is 0.320. The highest BCUT2D eigenvalue weighted by Gasteiger charge is 2.33. The van der Waals surface area contributed by atoms with Crippen molar-refractivity contribution in [2.45, 2.75) is 45.6 Å². The Morgan fingerprint density at radius 2 is 1.95 bits per heavy atom. The molecule has 1 amide bonds. The maximum absolute atomic E-state index is 12.4. The molecule has 120 valence electrons. The van der Waals surface area contributed by atoms with Crippen LogP contribution in [-0.2, 0) is 11.2 Å². The second-order valence-corrected chi connectivity index (χ2v) is 6.98. The zero-order chi connectivity index (χ0) is 15.5. The van der Waals surface area contributed by atoms with Gasteiger partial charge in [-0.2, -0.15) is 0 Å². The van der Waals surface area contributed by atoms with Gasteiger partial charge in [0.15, 0.2) is 0 Å². The summed E-state index contributed by atoms with van der Waals surface area (Å²) in [5.74, 6) is 1.24. The van der Waals surface area contributed by atoms with Gasteiger partial charge in [0.25, 0.3) is 0 Å². The van der Waals surface area contributed by atoms with Gasteiger partial charge in [-0.3, -0.25) is 9.69 Å². The van der Waals surface area contributed by atoms with Gasteiger partial charge in [0.05, 0.1) is 0 Å². The largest absolute Gasteiger partial charge is 0.340 e. The van der Waals surface area contributed by atoms with E-state index in [1.807, 2.05) is 0 Å². The Morgan fingerprint density at radius 3 is 2.59 bits per heavy atom. The summed E-state index contributed by atoms with van der Waals surface area (Å²) in [7, 11) is 0. The number of rotatable bonds is 5. The molecule has 1 aromatic carbocycles. The van der Waals surface area contributed by atoms with Gasteiger partial charge in [0.2, 0.25) is 5.91 Å². The second-order valence-electron chi connectivity index (χ2n) is 6.98. The fraction of sp³-hybridized carbons (Fsp3) is 0.632. The summed E-state index contributed by atoms with van der Waals surface area (Å²) in [6.45, 7) is 8.37. The standard InChI is InChI=1S/C19H28N2O/c1-15-4-3-5-17(14-15)6-9-19(22)21-12-10-20(11-13-21)16(2)18-7-8-18/h3-5,14,16,18H,6-13H2,1-2H3. The van der Waals surface area contributed by atoms with E-state index in [-0.39, 0.29) is 0 Å². The van der Waals surface area contributed by atoms with Crippen LogP contribution in [0, 0.1) is 12.8 Å². The Morgan fingerprint density at radius 1 is 1.23 bits per heavy atom. The first kappa shape index (κ1) is 15.5. The number of hydrogen-bond donors (Lipinski definition) is 0. The van der Waals surface area contributed by atoms with Crippen LogP contribution in [-0.4, -0.2) is 47.9 Å². The number of amides is 1. The molecular formula is C19H28N2O. The maximum atomic E-state index is 12.4. The Hall–Kier alpha value is -1.35. The van der Waals surface area contributed by atoms with Crippen molar-refractivity contribution in [2.75, 3.05) is 26.2 Å². The molecule has 1 aliphatic heterocycles. The van der Waals surface area contributed by atoms with Crippen molar-refractivity contribution in [3.63, 3.8) is 0 Å². The van der Waals surface area contributed by atoms with Crippen LogP contribution in [0.4, 0.5) is 0 Å². The summed E-state index contributed by atoms with van der Waals surface area (Å²) in [6.07, 6.45) is 4.30. The highest BCUT2D eigenvalue weighted by molar-refractivity contribution is 5.76. The van der Waals surface area contributed by atoms with Crippen molar-refractivity contribution >= 4 is 5.91 Å². The minimum atomic E-state index is 0.320. The average Bonchev–Trinajstić information content (AvgIpc) is 3.37. The Bertz CT molecular complexity index is 516. The van der Waals surface area contributed by atoms with E-state index in [2.05, 4.69) is 47.9 Å². The molecule has 1 saturated heterocycles. The van der Waals surface area contributed by atoms with Crippen LogP contribution in [0.3, 0.4) is 0 Å². The smallest absolute Gasteiger partial charge is 0.222 e. The van der Waals surface area contributed by atoms with Gasteiger partial charge in [-0.05, 0) is 44.6 Å². The van der Waals surface area contributed by atoms with E-state index < -0.39 is 0 Å². The van der Waals surface area contributed by atoms with Gasteiger partial charge < -0.3 is 4.90 Å². The predicted molar refractivity (Wildman–Crippen MR) is 89.8 cm³/mol. The molecule has 3 nitrogen and oxygen atoms in total. The summed E-state index contributed by atoms with van der Waals surface area (Å²) < 4.78 is 0. The first-order chi connectivity index (χ1) is 10.6. The molecule has 1 heterocycles. The topological polar surface area (TPSA) is 23.6 Å². The third-order valence-corrected chi connectivity index (χ3v) is 5.26. The lowest BCUT2D eigenvalue weighted by Crippen LogP contribution is -2.51. The fourth-order valence-corrected chi connectivity index (χ4v) is 3.53. The van der Waals surface area contributed by atoms with Crippen molar-refractivity contribution in [1.29, 1.82) is 0 Å². The fourth-order valence-electron chi connectivity index (χ4n) is 3.53. The van der Waals surface area contributed by atoms with Gasteiger partial charge in [0.1, 0.15) is 0 Å². The maximum Gasteiger partial charge on any atom is 0.222 e. The number of piperazine rings is 1. The van der Waals surface area contributed by atoms with Crippen LogP contribution in [0.2, 0.25) is 0 Å². The highest BCUT2D eigenvalue weighted by atomic mass is 16.2. The number of carbonyl (C=O) groups is 1. The zero-order valence-corrected chi connectivity index (χ0v) is 13.9. The summed E-state index contributed by atoms with van der Waals surface area (Å²) in [6, 6.07) is 9.20. The van der Waals surface area contributed by atoms with E-state index in [1.54, 1.807) is 0 Å². The van der Waals surface area contributed by atoms with Crippen LogP contribution < -0.4 is 0 Å². The predicted octanol–water partition coefficient (Wildman–Crippen LogP) is 2.87. The van der Waals surface area contributed by atoms with Gasteiger partial charge in [-0.25, -0.2) is 0 Å². The molecule has 22 heavy (non-hydrogen) atoms. The molecule has 3 rings (SSSR count). The van der Waals surface area contributed by atoms with E-state index in [0.29, 0.717) is 18.4 Å². The van der Waals surface area contributed by atoms with Crippen LogP contribution in [0.1, 0.15) is 37.3 Å². The number of benzene rings is 1. The quantitative estimate of drug-likeness (QED) is 0.835. The third kappa shape index (κ3) is 3.89. The van der Waals surface area contributed by atoms with Crippen molar-refractivity contribution in [3.8, 4) is 0 Å². The lowest BCUT2D eigenvalue weighted by molar-refractivity contribution is -0.133. The highest BCUT2D eigenvalue weighted by Crippen LogP contribution is 2.35. The SMILES string of the molecule is Cc1cccc(CCC(=O)N2CCN(C(C)C3CC3)CC2)c1. The lowest BCUT2D eigenvalue weighted by Gasteiger charge is -2.38. The second kappa shape index (κ2) is 6.82. The first-order valence-electron chi connectivity index (χ1n) is 8.71. The van der Waals surface area contributed by atoms with E-state index in [4.69, 9.17) is 0 Å². The molecule has 3 heteroatoms. The Balaban J connectivity index is 1.43. The summed E-state index contributed by atoms with van der Waals surface area (Å²) in [4.78, 5) is 17.0. The molecule has 0 radical (unpaired) electrons. The molecule has 2 fully saturated rings. The van der Waals surface area contributed by atoms with E-state index in [9.17, 15) is 4.79 Å². The van der Waals surface area contributed by atoms with Gasteiger partial charge in [-0.15, -0.1) is 0 Å². The van der Waals surface area contributed by atoms with Crippen molar-refractivity contribution in [2.24, 2.45) is 5.92 Å². The van der Waals surface area contributed by atoms with Crippen LogP contribution in [0.25, 0.3) is 0 Å². The molecular weight excluding hydrogens is 272 g/mol. The van der Waals surface area contributed by atoms with Gasteiger partial charge in [-0.1, -0.05) is 29.8 Å². The summed E-state index contributed by atoms with van der Waals surface area (Å²) in [5.41, 5.74) is 2.54. The summed E-state index contributed by atoms with van der Waals surface area (Å²) >= 11 is 0. The average molecular weight is 300 g/mol. The molecule has 2 aliphatic rings. The summed E-state index contributed by atoms with van der Waals surface area (Å²) in [5, 5.41) is 0. The van der Waals surface area contributed by atoms with E-state index in [1.165, 1.54) is 24.0 Å². The Kier molecular flexibility index (Phi) is 4.82. The molecule has 1 unspecified atom stereocenters. The Labute approximate surface area is 134 Å². The van der Waals surface area contributed by atoms with Crippen molar-refractivity contribution in [3.05, 3.63) is 35.4 Å². The van der Waals surface area contributed by atoms with Gasteiger partial charge >= 0.3 is 0 Å². The molecule has 1 aromatic rings. The van der Waals surface area contributed by atoms with Crippen LogP contribution in [0.5, 0.6) is 0 Å². The lowest BCUT2D eigenvalue weighted by atomic mass is 10.1. The van der Waals surface area contributed by atoms with E-state index in [0.717, 1.165) is 38.5 Å². The number of nitrogens with zero attached hydrogens (tertiary/aromatic N) is 2. The van der Waals surface area contributed by atoms with Crippen LogP contribution in [0.15, 0.2) is 24.3 Å². The number of carbonyl (C=O) groups excluding carboxylic acids is 1. The van der Waals surface area contributed by atoms with Crippen LogP contribution >= 0.6 is 0 Å². The normalized spacial score (nSPS) is 20.9. The zero-order valence-electron chi connectivity index (χ0n) is 13.9. The molecule has 0 spiro atoms. The number of aryl methyl sites for hydroxylation is 2. The molecule has 0 aromatic heterocycles.